The second-order valence-corrected chi connectivity index (χ2v) is 5.20. The summed E-state index contributed by atoms with van der Waals surface area (Å²) in [6.45, 7) is 0.109. The van der Waals surface area contributed by atoms with Crippen molar-refractivity contribution >= 4 is 17.3 Å². The first-order chi connectivity index (χ1) is 12.1. The average molecular weight is 341 g/mol. The number of carbonyl (C=O) groups excluding carboxylic acids is 1. The lowest BCUT2D eigenvalue weighted by atomic mass is 10.0. The van der Waals surface area contributed by atoms with Gasteiger partial charge in [-0.25, -0.2) is 5.43 Å². The molecule has 2 aromatic carbocycles. The zero-order chi connectivity index (χ0) is 17.6. The van der Waals surface area contributed by atoms with Crippen LogP contribution in [-0.4, -0.2) is 29.8 Å². The molecule has 1 aliphatic heterocycles. The Morgan fingerprint density at radius 1 is 1.24 bits per heavy atom. The molecule has 2 aromatic rings. The molecular weight excluding hydrogens is 326 g/mol. The van der Waals surface area contributed by atoms with Crippen molar-refractivity contribution < 1.29 is 19.2 Å². The molecule has 0 bridgehead atoms. The van der Waals surface area contributed by atoms with Crippen molar-refractivity contribution in [1.82, 2.24) is 5.43 Å². The van der Waals surface area contributed by atoms with E-state index < -0.39 is 10.8 Å². The Kier molecular flexibility index (Phi) is 4.89. The Labute approximate surface area is 143 Å². The maximum Gasteiger partial charge on any atom is 0.310 e. The molecule has 0 radical (unpaired) electrons. The normalized spacial score (nSPS) is 14.3. The number of nitrogens with one attached hydrogen (secondary N) is 1. The number of fused-ring (bicyclic) bond motifs is 1. The molecule has 1 aliphatic rings. The standard InChI is InChI=1S/C17H15N3O5/c21-17(11-25-16-8-4-2-6-14(16)20(22)23)19-18-13-9-10-24-15-7-3-1-5-12(13)15/h1-8H,9-11H2,(H,19,21). The summed E-state index contributed by atoms with van der Waals surface area (Å²) in [7, 11) is 0. The van der Waals surface area contributed by atoms with Crippen molar-refractivity contribution in [1.29, 1.82) is 0 Å². The minimum Gasteiger partial charge on any atom is -0.492 e. The third kappa shape index (κ3) is 3.92. The van der Waals surface area contributed by atoms with Crippen LogP contribution < -0.4 is 14.9 Å². The van der Waals surface area contributed by atoms with Gasteiger partial charge in [0.1, 0.15) is 5.75 Å². The van der Waals surface area contributed by atoms with E-state index in [0.717, 1.165) is 11.3 Å². The van der Waals surface area contributed by atoms with Crippen molar-refractivity contribution in [3.05, 3.63) is 64.2 Å². The molecule has 8 heteroatoms. The average Bonchev–Trinajstić information content (AvgIpc) is 2.64. The first kappa shape index (κ1) is 16.4. The van der Waals surface area contributed by atoms with E-state index in [9.17, 15) is 14.9 Å². The van der Waals surface area contributed by atoms with E-state index in [0.29, 0.717) is 18.7 Å². The molecule has 0 aromatic heterocycles. The van der Waals surface area contributed by atoms with Gasteiger partial charge in [0.05, 0.1) is 17.2 Å². The molecule has 0 saturated heterocycles. The van der Waals surface area contributed by atoms with Crippen LogP contribution in [0.15, 0.2) is 53.6 Å². The fourth-order valence-electron chi connectivity index (χ4n) is 2.37. The number of rotatable bonds is 5. The summed E-state index contributed by atoms with van der Waals surface area (Å²) >= 11 is 0. The Morgan fingerprint density at radius 2 is 2.00 bits per heavy atom. The smallest absolute Gasteiger partial charge is 0.310 e. The van der Waals surface area contributed by atoms with E-state index in [-0.39, 0.29) is 18.0 Å². The Morgan fingerprint density at radius 3 is 2.84 bits per heavy atom. The molecule has 128 valence electrons. The summed E-state index contributed by atoms with van der Waals surface area (Å²) in [6.07, 6.45) is 0.572. The molecule has 0 atom stereocenters. The molecule has 0 aliphatic carbocycles. The van der Waals surface area contributed by atoms with Gasteiger partial charge < -0.3 is 9.47 Å². The van der Waals surface area contributed by atoms with E-state index >= 15 is 0 Å². The fraction of sp³-hybridized carbons (Fsp3) is 0.176. The number of amides is 1. The minimum absolute atomic E-state index is 0.0340. The molecule has 25 heavy (non-hydrogen) atoms. The molecule has 8 nitrogen and oxygen atoms in total. The van der Waals surface area contributed by atoms with E-state index in [4.69, 9.17) is 9.47 Å². The van der Waals surface area contributed by atoms with Crippen LogP contribution in [0.2, 0.25) is 0 Å². The number of hydrogen-bond acceptors (Lipinski definition) is 6. The fourth-order valence-corrected chi connectivity index (χ4v) is 2.37. The third-order valence-electron chi connectivity index (χ3n) is 3.53. The topological polar surface area (TPSA) is 103 Å². The van der Waals surface area contributed by atoms with Gasteiger partial charge in [-0.15, -0.1) is 0 Å². The quantitative estimate of drug-likeness (QED) is 0.664. The molecule has 0 saturated carbocycles. The summed E-state index contributed by atoms with van der Waals surface area (Å²) in [5.41, 5.74) is 3.75. The summed E-state index contributed by atoms with van der Waals surface area (Å²) in [5, 5.41) is 15.0. The predicted molar refractivity (Wildman–Crippen MR) is 89.8 cm³/mol. The number of benzene rings is 2. The van der Waals surface area contributed by atoms with Crippen molar-refractivity contribution in [3.8, 4) is 11.5 Å². The van der Waals surface area contributed by atoms with Crippen molar-refractivity contribution in [2.75, 3.05) is 13.2 Å². The number of carbonyl (C=O) groups is 1. The maximum absolute atomic E-state index is 11.9. The predicted octanol–water partition coefficient (Wildman–Crippen LogP) is 2.28. The lowest BCUT2D eigenvalue weighted by Gasteiger charge is -2.18. The Balaban J connectivity index is 1.62. The van der Waals surface area contributed by atoms with Crippen LogP contribution in [0, 0.1) is 10.1 Å². The van der Waals surface area contributed by atoms with Crippen molar-refractivity contribution in [3.63, 3.8) is 0 Å². The number of nitrogens with zero attached hydrogens (tertiary/aromatic N) is 2. The summed E-state index contributed by atoms with van der Waals surface area (Å²) in [6, 6.07) is 13.3. The molecular formula is C17H15N3O5. The number of hydrogen-bond donors (Lipinski definition) is 1. The number of nitro benzene ring substituents is 1. The first-order valence-electron chi connectivity index (χ1n) is 7.59. The van der Waals surface area contributed by atoms with E-state index in [2.05, 4.69) is 10.5 Å². The van der Waals surface area contributed by atoms with E-state index in [1.54, 1.807) is 6.07 Å². The molecule has 0 spiro atoms. The van der Waals surface area contributed by atoms with Gasteiger partial charge in [0.25, 0.3) is 5.91 Å². The highest BCUT2D eigenvalue weighted by Crippen LogP contribution is 2.26. The van der Waals surface area contributed by atoms with Crippen LogP contribution >= 0.6 is 0 Å². The lowest BCUT2D eigenvalue weighted by Crippen LogP contribution is -2.27. The molecule has 3 rings (SSSR count). The van der Waals surface area contributed by atoms with Gasteiger partial charge in [0, 0.05) is 18.1 Å². The highest BCUT2D eigenvalue weighted by atomic mass is 16.6. The first-order valence-corrected chi connectivity index (χ1v) is 7.59. The maximum atomic E-state index is 11.9. The number of para-hydroxylation sites is 3. The largest absolute Gasteiger partial charge is 0.492 e. The van der Waals surface area contributed by atoms with Crippen LogP contribution in [0.1, 0.15) is 12.0 Å². The van der Waals surface area contributed by atoms with Crippen molar-refractivity contribution in [2.45, 2.75) is 6.42 Å². The monoisotopic (exact) mass is 341 g/mol. The SMILES string of the molecule is O=C(COc1ccccc1[N+](=O)[O-])NN=C1CCOc2ccccc21. The highest BCUT2D eigenvalue weighted by molar-refractivity contribution is 6.04. The summed E-state index contributed by atoms with van der Waals surface area (Å²) < 4.78 is 10.7. The van der Waals surface area contributed by atoms with Gasteiger partial charge in [0.2, 0.25) is 0 Å². The summed E-state index contributed by atoms with van der Waals surface area (Å²) in [5.74, 6) is 0.249. The molecule has 1 N–H and O–H groups in total. The zero-order valence-electron chi connectivity index (χ0n) is 13.2. The van der Waals surface area contributed by atoms with Gasteiger partial charge >= 0.3 is 5.69 Å². The van der Waals surface area contributed by atoms with Gasteiger partial charge in [-0.3, -0.25) is 14.9 Å². The second kappa shape index (κ2) is 7.43. The van der Waals surface area contributed by atoms with Gasteiger partial charge in [-0.05, 0) is 18.2 Å². The molecule has 1 heterocycles. The number of nitro groups is 1. The number of hydrazone groups is 1. The second-order valence-electron chi connectivity index (χ2n) is 5.20. The van der Waals surface area contributed by atoms with Gasteiger partial charge in [-0.1, -0.05) is 24.3 Å². The Hall–Kier alpha value is -3.42. The van der Waals surface area contributed by atoms with Crippen LogP contribution in [0.25, 0.3) is 0 Å². The van der Waals surface area contributed by atoms with Crippen LogP contribution in [0.4, 0.5) is 5.69 Å². The Bertz CT molecular complexity index is 835. The summed E-state index contributed by atoms with van der Waals surface area (Å²) in [4.78, 5) is 22.3. The minimum atomic E-state index is -0.563. The van der Waals surface area contributed by atoms with E-state index in [1.807, 2.05) is 24.3 Å². The third-order valence-corrected chi connectivity index (χ3v) is 3.53. The van der Waals surface area contributed by atoms with Crippen LogP contribution in [-0.2, 0) is 4.79 Å². The van der Waals surface area contributed by atoms with E-state index in [1.165, 1.54) is 18.2 Å². The van der Waals surface area contributed by atoms with Crippen LogP contribution in [0.3, 0.4) is 0 Å². The van der Waals surface area contributed by atoms with Gasteiger partial charge in [0.15, 0.2) is 12.4 Å². The van der Waals surface area contributed by atoms with Gasteiger partial charge in [-0.2, -0.15) is 5.10 Å². The highest BCUT2D eigenvalue weighted by Gasteiger charge is 2.17. The van der Waals surface area contributed by atoms with Crippen LogP contribution in [0.5, 0.6) is 11.5 Å². The molecule has 0 unspecified atom stereocenters. The number of ether oxygens (including phenoxy) is 2. The lowest BCUT2D eigenvalue weighted by molar-refractivity contribution is -0.385. The molecule has 1 amide bonds. The zero-order valence-corrected chi connectivity index (χ0v) is 13.2. The molecule has 0 fully saturated rings. The van der Waals surface area contributed by atoms with Crippen molar-refractivity contribution in [2.24, 2.45) is 5.10 Å².